The van der Waals surface area contributed by atoms with Crippen molar-refractivity contribution < 1.29 is 14.3 Å². The number of fused-ring (bicyclic) bond motifs is 1. The van der Waals surface area contributed by atoms with E-state index in [4.69, 9.17) is 16.3 Å². The Morgan fingerprint density at radius 2 is 1.92 bits per heavy atom. The molecule has 2 aromatic rings. The van der Waals surface area contributed by atoms with Gasteiger partial charge in [-0.1, -0.05) is 41.9 Å². The van der Waals surface area contributed by atoms with Crippen LogP contribution in [0.5, 0.6) is 0 Å². The Labute approximate surface area is 149 Å². The molecule has 3 rings (SSSR count). The molecule has 1 amide bonds. The van der Waals surface area contributed by atoms with E-state index >= 15 is 0 Å². The first-order valence-electron chi connectivity index (χ1n) is 7.59. The summed E-state index contributed by atoms with van der Waals surface area (Å²) in [5.74, 6) is -0.592. The summed E-state index contributed by atoms with van der Waals surface area (Å²) in [6.45, 7) is 1.92. The summed E-state index contributed by atoms with van der Waals surface area (Å²) in [4.78, 5) is 27.4. The zero-order valence-corrected chi connectivity index (χ0v) is 14.6. The summed E-state index contributed by atoms with van der Waals surface area (Å²) in [6, 6.07) is 14.8. The molecule has 0 N–H and O–H groups in total. The summed E-state index contributed by atoms with van der Waals surface area (Å²) >= 11 is 7.73. The van der Waals surface area contributed by atoms with E-state index in [-0.39, 0.29) is 19.1 Å². The van der Waals surface area contributed by atoms with Gasteiger partial charge < -0.3 is 4.74 Å². The van der Waals surface area contributed by atoms with Crippen LogP contribution in [0, 0.1) is 0 Å². The molecule has 0 aliphatic carbocycles. The summed E-state index contributed by atoms with van der Waals surface area (Å²) in [5.41, 5.74) is 1.47. The van der Waals surface area contributed by atoms with Crippen molar-refractivity contribution >= 4 is 40.9 Å². The van der Waals surface area contributed by atoms with E-state index < -0.39 is 11.2 Å². The molecule has 1 unspecified atom stereocenters. The molecule has 0 saturated heterocycles. The second-order valence-corrected chi connectivity index (χ2v) is 6.77. The van der Waals surface area contributed by atoms with E-state index in [1.807, 2.05) is 42.5 Å². The Balaban J connectivity index is 2.00. The Morgan fingerprint density at radius 3 is 2.67 bits per heavy atom. The van der Waals surface area contributed by atoms with Gasteiger partial charge in [0.25, 0.3) is 0 Å². The zero-order valence-electron chi connectivity index (χ0n) is 13.1. The normalized spacial score (nSPS) is 16.7. The highest BCUT2D eigenvalue weighted by molar-refractivity contribution is 8.00. The molecule has 0 bridgehead atoms. The van der Waals surface area contributed by atoms with Crippen LogP contribution in [0.3, 0.4) is 0 Å². The molecule has 1 aliphatic rings. The number of anilines is 1. The monoisotopic (exact) mass is 361 g/mol. The summed E-state index contributed by atoms with van der Waals surface area (Å²) < 4.78 is 5.01. The molecule has 0 saturated carbocycles. The standard InChI is InChI=1S/C18H16ClNO3S/c1-2-23-16(21)11-20-14-9-5-6-10-15(14)24-17(18(20)22)12-7-3-4-8-13(12)19/h3-10,17H,2,11H2,1H3. The lowest BCUT2D eigenvalue weighted by Crippen LogP contribution is -2.41. The summed E-state index contributed by atoms with van der Waals surface area (Å²) in [6.07, 6.45) is 0. The Morgan fingerprint density at radius 1 is 1.21 bits per heavy atom. The summed E-state index contributed by atoms with van der Waals surface area (Å²) in [7, 11) is 0. The smallest absolute Gasteiger partial charge is 0.326 e. The predicted octanol–water partition coefficient (Wildman–Crippen LogP) is 4.08. The number of para-hydroxylation sites is 1. The number of nitrogens with zero attached hydrogens (tertiary/aromatic N) is 1. The molecule has 124 valence electrons. The highest BCUT2D eigenvalue weighted by Gasteiger charge is 2.36. The third kappa shape index (κ3) is 3.28. The maximum absolute atomic E-state index is 13.0. The second-order valence-electron chi connectivity index (χ2n) is 5.22. The number of hydrogen-bond acceptors (Lipinski definition) is 4. The SMILES string of the molecule is CCOC(=O)CN1C(=O)C(c2ccccc2Cl)Sc2ccccc21. The maximum atomic E-state index is 13.0. The lowest BCUT2D eigenvalue weighted by Gasteiger charge is -2.33. The van der Waals surface area contributed by atoms with Crippen LogP contribution in [0.1, 0.15) is 17.7 Å². The third-order valence-electron chi connectivity index (χ3n) is 3.67. The first-order valence-corrected chi connectivity index (χ1v) is 8.84. The van der Waals surface area contributed by atoms with Gasteiger partial charge in [-0.3, -0.25) is 14.5 Å². The Hall–Kier alpha value is -1.98. The summed E-state index contributed by atoms with van der Waals surface area (Å²) in [5, 5.41) is 0.0573. The van der Waals surface area contributed by atoms with Crippen LogP contribution < -0.4 is 4.90 Å². The number of halogens is 1. The van der Waals surface area contributed by atoms with Crippen molar-refractivity contribution in [2.45, 2.75) is 17.1 Å². The highest BCUT2D eigenvalue weighted by atomic mass is 35.5. The van der Waals surface area contributed by atoms with Crippen molar-refractivity contribution in [2.75, 3.05) is 18.1 Å². The van der Waals surface area contributed by atoms with Gasteiger partial charge in [-0.15, -0.1) is 11.8 Å². The van der Waals surface area contributed by atoms with Gasteiger partial charge in [0.15, 0.2) is 0 Å². The zero-order chi connectivity index (χ0) is 17.1. The van der Waals surface area contributed by atoms with Crippen molar-refractivity contribution in [3.05, 3.63) is 59.1 Å². The van der Waals surface area contributed by atoms with Crippen LogP contribution in [0.2, 0.25) is 5.02 Å². The lowest BCUT2D eigenvalue weighted by molar-refractivity contribution is -0.142. The van der Waals surface area contributed by atoms with Gasteiger partial charge in [0.05, 0.1) is 12.3 Å². The molecule has 0 aromatic heterocycles. The number of esters is 1. The topological polar surface area (TPSA) is 46.6 Å². The molecule has 0 spiro atoms. The molecule has 24 heavy (non-hydrogen) atoms. The highest BCUT2D eigenvalue weighted by Crippen LogP contribution is 2.47. The minimum absolute atomic E-state index is 0.106. The maximum Gasteiger partial charge on any atom is 0.326 e. The predicted molar refractivity (Wildman–Crippen MR) is 95.5 cm³/mol. The number of benzene rings is 2. The third-order valence-corrected chi connectivity index (χ3v) is 5.31. The quantitative estimate of drug-likeness (QED) is 0.770. The minimum Gasteiger partial charge on any atom is -0.465 e. The fourth-order valence-electron chi connectivity index (χ4n) is 2.60. The van der Waals surface area contributed by atoms with E-state index in [2.05, 4.69) is 0 Å². The molecule has 2 aromatic carbocycles. The largest absolute Gasteiger partial charge is 0.465 e. The number of ether oxygens (including phenoxy) is 1. The molecule has 4 nitrogen and oxygen atoms in total. The van der Waals surface area contributed by atoms with E-state index in [0.29, 0.717) is 5.02 Å². The average molecular weight is 362 g/mol. The van der Waals surface area contributed by atoms with Crippen molar-refractivity contribution in [2.24, 2.45) is 0 Å². The molecular formula is C18H16ClNO3S. The van der Waals surface area contributed by atoms with Gasteiger partial charge in [0.1, 0.15) is 11.8 Å². The first-order chi connectivity index (χ1) is 11.6. The molecule has 0 fully saturated rings. The van der Waals surface area contributed by atoms with Crippen molar-refractivity contribution in [1.29, 1.82) is 0 Å². The lowest BCUT2D eigenvalue weighted by atomic mass is 10.1. The Bertz CT molecular complexity index is 780. The number of carbonyl (C=O) groups excluding carboxylic acids is 2. The fourth-order valence-corrected chi connectivity index (χ4v) is 4.18. The molecule has 0 radical (unpaired) electrons. The van der Waals surface area contributed by atoms with Crippen LogP contribution in [0.25, 0.3) is 0 Å². The van der Waals surface area contributed by atoms with E-state index in [1.165, 1.54) is 16.7 Å². The molecule has 1 aliphatic heterocycles. The molecule has 1 heterocycles. The average Bonchev–Trinajstić information content (AvgIpc) is 2.58. The van der Waals surface area contributed by atoms with Crippen molar-refractivity contribution in [3.63, 3.8) is 0 Å². The van der Waals surface area contributed by atoms with E-state index in [9.17, 15) is 9.59 Å². The number of thioether (sulfide) groups is 1. The number of rotatable bonds is 4. The first kappa shape index (κ1) is 16.9. The van der Waals surface area contributed by atoms with E-state index in [1.54, 1.807) is 13.0 Å². The van der Waals surface area contributed by atoms with Gasteiger partial charge in [-0.05, 0) is 30.7 Å². The number of hydrogen-bond donors (Lipinski definition) is 0. The van der Waals surface area contributed by atoms with Crippen LogP contribution >= 0.6 is 23.4 Å². The van der Waals surface area contributed by atoms with Crippen molar-refractivity contribution in [1.82, 2.24) is 0 Å². The molecule has 6 heteroatoms. The minimum atomic E-state index is -0.483. The Kier molecular flexibility index (Phi) is 5.11. The van der Waals surface area contributed by atoms with Gasteiger partial charge in [0, 0.05) is 9.92 Å². The molecular weight excluding hydrogens is 346 g/mol. The van der Waals surface area contributed by atoms with Crippen LogP contribution in [0.15, 0.2) is 53.4 Å². The number of carbonyl (C=O) groups is 2. The van der Waals surface area contributed by atoms with Gasteiger partial charge >= 0.3 is 5.97 Å². The van der Waals surface area contributed by atoms with Gasteiger partial charge in [-0.2, -0.15) is 0 Å². The van der Waals surface area contributed by atoms with Gasteiger partial charge in [-0.25, -0.2) is 0 Å². The van der Waals surface area contributed by atoms with Gasteiger partial charge in [0.2, 0.25) is 5.91 Å². The molecule has 1 atom stereocenters. The number of amides is 1. The fraction of sp³-hybridized carbons (Fsp3) is 0.222. The second kappa shape index (κ2) is 7.28. The van der Waals surface area contributed by atoms with Crippen LogP contribution in [-0.2, 0) is 14.3 Å². The van der Waals surface area contributed by atoms with Crippen molar-refractivity contribution in [3.8, 4) is 0 Å². The van der Waals surface area contributed by atoms with Crippen LogP contribution in [0.4, 0.5) is 5.69 Å². The van der Waals surface area contributed by atoms with E-state index in [0.717, 1.165) is 16.1 Å². The van der Waals surface area contributed by atoms with Crippen LogP contribution in [-0.4, -0.2) is 25.0 Å².